The normalized spacial score (nSPS) is 17.3. The summed E-state index contributed by atoms with van der Waals surface area (Å²) in [4.78, 5) is 37.6. The summed E-state index contributed by atoms with van der Waals surface area (Å²) in [5, 5.41) is 12.0. The van der Waals surface area contributed by atoms with Gasteiger partial charge in [-0.15, -0.1) is 0 Å². The maximum Gasteiger partial charge on any atom is 0.410 e. The van der Waals surface area contributed by atoms with Crippen LogP contribution in [0.5, 0.6) is 0 Å². The predicted octanol–water partition coefficient (Wildman–Crippen LogP) is 3.40. The van der Waals surface area contributed by atoms with E-state index in [0.717, 1.165) is 0 Å². The van der Waals surface area contributed by atoms with Crippen molar-refractivity contribution in [3.05, 3.63) is 50.4 Å². The highest BCUT2D eigenvalue weighted by atomic mass is 16.6. The number of amides is 1. The number of ether oxygens (including phenoxy) is 1. The second kappa shape index (κ2) is 6.68. The number of carbonyl (C=O) groups is 1. The third-order valence-corrected chi connectivity index (χ3v) is 4.68. The SMILES string of the molecule is Cc1ccc2c(=O)n(C3CCN(C(=O)OC(C)(C)C)C3)ccc2c1[N+](=O)[O-]. The van der Waals surface area contributed by atoms with Crippen LogP contribution in [0.1, 0.15) is 38.8 Å². The van der Waals surface area contributed by atoms with E-state index in [9.17, 15) is 19.7 Å². The standard InChI is InChI=1S/C19H23N3O5/c1-12-5-6-15-14(16(12)22(25)26)8-10-21(17(15)23)13-7-9-20(11-13)18(24)27-19(2,3)4/h5-6,8,10,13H,7,9,11H2,1-4H3. The third-order valence-electron chi connectivity index (χ3n) is 4.68. The Balaban J connectivity index is 1.92. The van der Waals surface area contributed by atoms with Gasteiger partial charge in [0.2, 0.25) is 0 Å². The van der Waals surface area contributed by atoms with E-state index in [0.29, 0.717) is 35.8 Å². The Labute approximate surface area is 156 Å². The van der Waals surface area contributed by atoms with Crippen LogP contribution in [0.15, 0.2) is 29.2 Å². The van der Waals surface area contributed by atoms with Crippen LogP contribution < -0.4 is 5.56 Å². The Kier molecular flexibility index (Phi) is 4.67. The molecule has 0 bridgehead atoms. The lowest BCUT2D eigenvalue weighted by atomic mass is 10.1. The summed E-state index contributed by atoms with van der Waals surface area (Å²) in [6, 6.07) is 4.64. The first kappa shape index (κ1) is 18.9. The van der Waals surface area contributed by atoms with Gasteiger partial charge in [0.25, 0.3) is 11.2 Å². The van der Waals surface area contributed by atoms with Gasteiger partial charge in [0.1, 0.15) is 5.60 Å². The number of hydrogen-bond acceptors (Lipinski definition) is 5. The van der Waals surface area contributed by atoms with Crippen molar-refractivity contribution in [2.24, 2.45) is 0 Å². The molecular formula is C19H23N3O5. The number of likely N-dealkylation sites (tertiary alicyclic amines) is 1. The van der Waals surface area contributed by atoms with E-state index in [1.165, 1.54) is 0 Å². The smallest absolute Gasteiger partial charge is 0.410 e. The molecule has 144 valence electrons. The van der Waals surface area contributed by atoms with E-state index >= 15 is 0 Å². The van der Waals surface area contributed by atoms with E-state index in [2.05, 4.69) is 0 Å². The fourth-order valence-corrected chi connectivity index (χ4v) is 3.42. The van der Waals surface area contributed by atoms with Crippen molar-refractivity contribution in [2.75, 3.05) is 13.1 Å². The molecule has 1 atom stereocenters. The molecule has 1 saturated heterocycles. The fourth-order valence-electron chi connectivity index (χ4n) is 3.42. The number of hydrogen-bond donors (Lipinski definition) is 0. The number of nitro benzene ring substituents is 1. The number of fused-ring (bicyclic) bond motifs is 1. The first-order valence-corrected chi connectivity index (χ1v) is 8.85. The maximum absolute atomic E-state index is 12.9. The number of nitro groups is 1. The van der Waals surface area contributed by atoms with Crippen LogP contribution in [0.25, 0.3) is 10.8 Å². The van der Waals surface area contributed by atoms with Gasteiger partial charge in [-0.05, 0) is 46.2 Å². The Morgan fingerprint density at radius 2 is 1.96 bits per heavy atom. The van der Waals surface area contributed by atoms with Crippen molar-refractivity contribution in [2.45, 2.75) is 45.8 Å². The molecule has 3 rings (SSSR count). The van der Waals surface area contributed by atoms with Crippen molar-refractivity contribution in [1.82, 2.24) is 9.47 Å². The summed E-state index contributed by atoms with van der Waals surface area (Å²) in [5.41, 5.74) is -0.391. The number of nitrogens with zero attached hydrogens (tertiary/aromatic N) is 3. The predicted molar refractivity (Wildman–Crippen MR) is 101 cm³/mol. The molecule has 27 heavy (non-hydrogen) atoms. The highest BCUT2D eigenvalue weighted by molar-refractivity contribution is 5.91. The monoisotopic (exact) mass is 373 g/mol. The first-order valence-electron chi connectivity index (χ1n) is 8.85. The molecule has 0 saturated carbocycles. The summed E-state index contributed by atoms with van der Waals surface area (Å²) >= 11 is 0. The van der Waals surface area contributed by atoms with Gasteiger partial charge in [0, 0.05) is 24.8 Å². The molecule has 0 spiro atoms. The van der Waals surface area contributed by atoms with Crippen LogP contribution in [-0.4, -0.2) is 39.2 Å². The van der Waals surface area contributed by atoms with Crippen LogP contribution in [0, 0.1) is 17.0 Å². The van der Waals surface area contributed by atoms with Crippen LogP contribution in [-0.2, 0) is 4.74 Å². The molecule has 8 heteroatoms. The van der Waals surface area contributed by atoms with Crippen LogP contribution >= 0.6 is 0 Å². The molecule has 1 unspecified atom stereocenters. The van der Waals surface area contributed by atoms with Gasteiger partial charge in [-0.2, -0.15) is 0 Å². The number of pyridine rings is 1. The van der Waals surface area contributed by atoms with E-state index in [1.54, 1.807) is 61.6 Å². The lowest BCUT2D eigenvalue weighted by Gasteiger charge is -2.24. The van der Waals surface area contributed by atoms with Crippen LogP contribution in [0.3, 0.4) is 0 Å². The minimum atomic E-state index is -0.578. The second-order valence-electron chi connectivity index (χ2n) is 7.85. The number of carbonyl (C=O) groups excluding carboxylic acids is 1. The molecule has 0 N–H and O–H groups in total. The number of benzene rings is 1. The Morgan fingerprint density at radius 3 is 2.59 bits per heavy atom. The lowest BCUT2D eigenvalue weighted by molar-refractivity contribution is -0.383. The third kappa shape index (κ3) is 3.65. The molecule has 0 radical (unpaired) electrons. The van der Waals surface area contributed by atoms with Gasteiger partial charge in [-0.1, -0.05) is 6.07 Å². The van der Waals surface area contributed by atoms with E-state index in [-0.39, 0.29) is 17.3 Å². The molecule has 8 nitrogen and oxygen atoms in total. The average molecular weight is 373 g/mol. The van der Waals surface area contributed by atoms with Crippen LogP contribution in [0.2, 0.25) is 0 Å². The zero-order valence-corrected chi connectivity index (χ0v) is 15.9. The van der Waals surface area contributed by atoms with Crippen LogP contribution in [0.4, 0.5) is 10.5 Å². The zero-order chi connectivity index (χ0) is 19.9. The van der Waals surface area contributed by atoms with Crippen molar-refractivity contribution < 1.29 is 14.5 Å². The maximum atomic E-state index is 12.9. The van der Waals surface area contributed by atoms with Crippen molar-refractivity contribution in [3.8, 4) is 0 Å². The highest BCUT2D eigenvalue weighted by Crippen LogP contribution is 2.29. The molecule has 1 aliphatic heterocycles. The molecular weight excluding hydrogens is 350 g/mol. The Hall–Kier alpha value is -2.90. The minimum Gasteiger partial charge on any atom is -0.444 e. The largest absolute Gasteiger partial charge is 0.444 e. The number of rotatable bonds is 2. The van der Waals surface area contributed by atoms with Gasteiger partial charge in [0.15, 0.2) is 0 Å². The summed E-state index contributed by atoms with van der Waals surface area (Å²) in [5.74, 6) is 0. The van der Waals surface area contributed by atoms with Gasteiger partial charge in [-0.3, -0.25) is 14.9 Å². The van der Waals surface area contributed by atoms with Gasteiger partial charge >= 0.3 is 6.09 Å². The molecule has 1 aliphatic rings. The van der Waals surface area contributed by atoms with E-state index < -0.39 is 16.6 Å². The summed E-state index contributed by atoms with van der Waals surface area (Å²) in [7, 11) is 0. The molecule has 1 amide bonds. The molecule has 2 heterocycles. The second-order valence-corrected chi connectivity index (χ2v) is 7.85. The summed E-state index contributed by atoms with van der Waals surface area (Å²) in [6.07, 6.45) is 1.81. The molecule has 2 aromatic rings. The lowest BCUT2D eigenvalue weighted by Crippen LogP contribution is -2.36. The molecule has 1 fully saturated rings. The van der Waals surface area contributed by atoms with Gasteiger partial charge in [0.05, 0.1) is 21.7 Å². The number of aryl methyl sites for hydroxylation is 1. The Bertz CT molecular complexity index is 974. The molecule has 1 aromatic heterocycles. The van der Waals surface area contributed by atoms with E-state index in [1.807, 2.05) is 0 Å². The molecule has 0 aliphatic carbocycles. The fraction of sp³-hybridized carbons (Fsp3) is 0.474. The summed E-state index contributed by atoms with van der Waals surface area (Å²) < 4.78 is 6.95. The molecule has 1 aromatic carbocycles. The van der Waals surface area contributed by atoms with Gasteiger partial charge in [-0.25, -0.2) is 4.79 Å². The minimum absolute atomic E-state index is 0.0430. The quantitative estimate of drug-likeness (QED) is 0.594. The summed E-state index contributed by atoms with van der Waals surface area (Å²) in [6.45, 7) is 7.94. The van der Waals surface area contributed by atoms with Crippen molar-refractivity contribution in [1.29, 1.82) is 0 Å². The van der Waals surface area contributed by atoms with E-state index in [4.69, 9.17) is 4.74 Å². The zero-order valence-electron chi connectivity index (χ0n) is 15.9. The topological polar surface area (TPSA) is 94.7 Å². The van der Waals surface area contributed by atoms with Crippen molar-refractivity contribution >= 4 is 22.6 Å². The number of aromatic nitrogens is 1. The Morgan fingerprint density at radius 1 is 1.26 bits per heavy atom. The van der Waals surface area contributed by atoms with Gasteiger partial charge < -0.3 is 14.2 Å². The van der Waals surface area contributed by atoms with Crippen molar-refractivity contribution in [3.63, 3.8) is 0 Å². The highest BCUT2D eigenvalue weighted by Gasteiger charge is 2.31. The first-order chi connectivity index (χ1) is 12.6. The average Bonchev–Trinajstić information content (AvgIpc) is 3.03.